The van der Waals surface area contributed by atoms with Gasteiger partial charge in [-0.3, -0.25) is 4.79 Å². The minimum absolute atomic E-state index is 0.102. The molecular weight excluding hydrogens is 287 g/mol. The Labute approximate surface area is 119 Å². The Bertz CT molecular complexity index is 588. The first-order valence-electron chi connectivity index (χ1n) is 5.74. The van der Waals surface area contributed by atoms with Crippen molar-refractivity contribution in [3.63, 3.8) is 0 Å². The van der Waals surface area contributed by atoms with Crippen LogP contribution >= 0.6 is 22.9 Å². The second-order valence-corrected chi connectivity index (χ2v) is 4.87. The number of nitrogens with zero attached hydrogens (tertiary/aromatic N) is 2. The van der Waals surface area contributed by atoms with Gasteiger partial charge in [-0.2, -0.15) is 0 Å². The first-order chi connectivity index (χ1) is 9.17. The van der Waals surface area contributed by atoms with Crippen molar-refractivity contribution in [3.8, 4) is 0 Å². The standard InChI is InChI=1S/C13H12ClFN2OS/c1-2-17(11-6-4-3-5-9(11)15)13-16-10(8-19-13)12(18)7-14/h3-6,8H,2,7H2,1H3. The number of hydrogen-bond donors (Lipinski definition) is 0. The number of aromatic nitrogens is 1. The number of anilines is 2. The Kier molecular flexibility index (Phi) is 4.50. The third-order valence-electron chi connectivity index (χ3n) is 2.59. The lowest BCUT2D eigenvalue weighted by molar-refractivity contribution is 0.101. The van der Waals surface area contributed by atoms with Crippen molar-refractivity contribution in [3.05, 3.63) is 41.2 Å². The minimum atomic E-state index is -0.315. The van der Waals surface area contributed by atoms with Crippen LogP contribution in [-0.2, 0) is 0 Å². The van der Waals surface area contributed by atoms with Gasteiger partial charge in [0.2, 0.25) is 0 Å². The molecule has 0 aliphatic heterocycles. The van der Waals surface area contributed by atoms with Crippen LogP contribution in [0.4, 0.5) is 15.2 Å². The highest BCUT2D eigenvalue weighted by Crippen LogP contribution is 2.30. The van der Waals surface area contributed by atoms with Gasteiger partial charge in [0.1, 0.15) is 11.5 Å². The summed E-state index contributed by atoms with van der Waals surface area (Å²) in [4.78, 5) is 17.4. The first-order valence-corrected chi connectivity index (χ1v) is 7.15. The molecule has 2 aromatic rings. The van der Waals surface area contributed by atoms with Crippen molar-refractivity contribution in [2.24, 2.45) is 0 Å². The summed E-state index contributed by atoms with van der Waals surface area (Å²) in [7, 11) is 0. The van der Waals surface area contributed by atoms with Crippen molar-refractivity contribution < 1.29 is 9.18 Å². The molecule has 0 saturated carbocycles. The van der Waals surface area contributed by atoms with Crippen LogP contribution in [0.3, 0.4) is 0 Å². The topological polar surface area (TPSA) is 33.2 Å². The van der Waals surface area contributed by atoms with Gasteiger partial charge in [0, 0.05) is 11.9 Å². The summed E-state index contributed by atoms with van der Waals surface area (Å²) >= 11 is 6.79. The summed E-state index contributed by atoms with van der Waals surface area (Å²) in [6, 6.07) is 6.48. The number of para-hydroxylation sites is 1. The van der Waals surface area contributed by atoms with E-state index in [1.54, 1.807) is 28.5 Å². The molecule has 1 aromatic heterocycles. The third-order valence-corrected chi connectivity index (χ3v) is 3.70. The van der Waals surface area contributed by atoms with Gasteiger partial charge < -0.3 is 4.90 Å². The average molecular weight is 299 g/mol. The van der Waals surface area contributed by atoms with Gasteiger partial charge in [-0.25, -0.2) is 9.37 Å². The van der Waals surface area contributed by atoms with Crippen LogP contribution in [0.15, 0.2) is 29.6 Å². The molecule has 0 radical (unpaired) electrons. The first kappa shape index (κ1) is 14.0. The summed E-state index contributed by atoms with van der Waals surface area (Å²) < 4.78 is 13.8. The number of rotatable bonds is 5. The molecule has 0 atom stereocenters. The molecule has 0 spiro atoms. The smallest absolute Gasteiger partial charge is 0.196 e. The lowest BCUT2D eigenvalue weighted by Crippen LogP contribution is -2.17. The number of halogens is 2. The highest BCUT2D eigenvalue weighted by Gasteiger charge is 2.17. The molecule has 6 heteroatoms. The molecule has 3 nitrogen and oxygen atoms in total. The van der Waals surface area contributed by atoms with Gasteiger partial charge in [-0.1, -0.05) is 12.1 Å². The van der Waals surface area contributed by atoms with Gasteiger partial charge in [0.25, 0.3) is 0 Å². The zero-order chi connectivity index (χ0) is 13.8. The lowest BCUT2D eigenvalue weighted by Gasteiger charge is -2.20. The van der Waals surface area contributed by atoms with Crippen LogP contribution in [0.2, 0.25) is 0 Å². The number of thiazole rings is 1. The predicted octanol–water partition coefficient (Wildman–Crippen LogP) is 3.86. The normalized spacial score (nSPS) is 10.5. The number of carbonyl (C=O) groups excluding carboxylic acids is 1. The maximum Gasteiger partial charge on any atom is 0.196 e. The fourth-order valence-electron chi connectivity index (χ4n) is 1.66. The monoisotopic (exact) mass is 298 g/mol. The predicted molar refractivity (Wildman–Crippen MR) is 76.2 cm³/mol. The molecule has 0 bridgehead atoms. The molecule has 0 amide bonds. The highest BCUT2D eigenvalue weighted by molar-refractivity contribution is 7.14. The van der Waals surface area contributed by atoms with Crippen LogP contribution in [-0.4, -0.2) is 23.2 Å². The molecule has 0 aliphatic rings. The Balaban J connectivity index is 2.35. The van der Waals surface area contributed by atoms with E-state index in [2.05, 4.69) is 4.98 Å². The summed E-state index contributed by atoms with van der Waals surface area (Å²) in [6.45, 7) is 2.46. The molecule has 1 aromatic carbocycles. The largest absolute Gasteiger partial charge is 0.315 e. The van der Waals surface area contributed by atoms with Crippen LogP contribution in [0.5, 0.6) is 0 Å². The van der Waals surface area contributed by atoms with E-state index in [4.69, 9.17) is 11.6 Å². The van der Waals surface area contributed by atoms with E-state index >= 15 is 0 Å². The molecule has 19 heavy (non-hydrogen) atoms. The van der Waals surface area contributed by atoms with Crippen LogP contribution in [0.25, 0.3) is 0 Å². The van der Waals surface area contributed by atoms with E-state index in [1.807, 2.05) is 6.92 Å². The van der Waals surface area contributed by atoms with E-state index in [0.717, 1.165) is 0 Å². The van der Waals surface area contributed by atoms with E-state index in [0.29, 0.717) is 23.1 Å². The fourth-order valence-corrected chi connectivity index (χ4v) is 2.71. The Morgan fingerprint density at radius 2 is 2.21 bits per heavy atom. The number of benzene rings is 1. The Hall–Kier alpha value is -1.46. The van der Waals surface area contributed by atoms with E-state index < -0.39 is 0 Å². The van der Waals surface area contributed by atoms with Crippen molar-refractivity contribution in [2.75, 3.05) is 17.3 Å². The van der Waals surface area contributed by atoms with Crippen molar-refractivity contribution in [1.82, 2.24) is 4.98 Å². The lowest BCUT2D eigenvalue weighted by atomic mass is 10.3. The maximum atomic E-state index is 13.8. The minimum Gasteiger partial charge on any atom is -0.315 e. The van der Waals surface area contributed by atoms with Crippen LogP contribution in [0, 0.1) is 5.82 Å². The van der Waals surface area contributed by atoms with Crippen molar-refractivity contribution in [1.29, 1.82) is 0 Å². The van der Waals surface area contributed by atoms with Crippen molar-refractivity contribution in [2.45, 2.75) is 6.92 Å². The van der Waals surface area contributed by atoms with Crippen LogP contribution in [0.1, 0.15) is 17.4 Å². The number of hydrogen-bond acceptors (Lipinski definition) is 4. The van der Waals surface area contributed by atoms with Gasteiger partial charge >= 0.3 is 0 Å². The Morgan fingerprint density at radius 3 is 2.84 bits per heavy atom. The molecule has 0 saturated heterocycles. The van der Waals surface area contributed by atoms with Crippen molar-refractivity contribution >= 4 is 39.5 Å². The van der Waals surface area contributed by atoms with Gasteiger partial charge in [0.05, 0.1) is 11.6 Å². The quantitative estimate of drug-likeness (QED) is 0.621. The van der Waals surface area contributed by atoms with Gasteiger partial charge in [-0.05, 0) is 19.1 Å². The molecule has 1 heterocycles. The summed E-state index contributed by atoms with van der Waals surface area (Å²) in [5.74, 6) is -0.645. The Morgan fingerprint density at radius 1 is 1.47 bits per heavy atom. The van der Waals surface area contributed by atoms with E-state index in [-0.39, 0.29) is 17.5 Å². The molecule has 0 unspecified atom stereocenters. The maximum absolute atomic E-state index is 13.8. The number of ketones is 1. The summed E-state index contributed by atoms with van der Waals surface area (Å²) in [5.41, 5.74) is 0.772. The molecule has 100 valence electrons. The zero-order valence-electron chi connectivity index (χ0n) is 10.3. The number of Topliss-reactive ketones (excluding diaryl/α,β-unsaturated/α-hetero) is 1. The highest BCUT2D eigenvalue weighted by atomic mass is 35.5. The zero-order valence-corrected chi connectivity index (χ0v) is 11.8. The number of carbonyl (C=O) groups is 1. The number of alkyl halides is 1. The molecule has 2 rings (SSSR count). The van der Waals surface area contributed by atoms with Crippen LogP contribution < -0.4 is 4.90 Å². The molecular formula is C13H12ClFN2OS. The fraction of sp³-hybridized carbons (Fsp3) is 0.231. The molecule has 0 fully saturated rings. The summed E-state index contributed by atoms with van der Waals surface area (Å²) in [6.07, 6.45) is 0. The van der Waals surface area contributed by atoms with Gasteiger partial charge in [0.15, 0.2) is 10.9 Å². The SMILES string of the molecule is CCN(c1nc(C(=O)CCl)cs1)c1ccccc1F. The van der Waals surface area contributed by atoms with E-state index in [1.165, 1.54) is 17.4 Å². The second-order valence-electron chi connectivity index (χ2n) is 3.77. The second kappa shape index (κ2) is 6.12. The van der Waals surface area contributed by atoms with Gasteiger partial charge in [-0.15, -0.1) is 22.9 Å². The van der Waals surface area contributed by atoms with E-state index in [9.17, 15) is 9.18 Å². The molecule has 0 N–H and O–H groups in total. The average Bonchev–Trinajstić information content (AvgIpc) is 2.90. The summed E-state index contributed by atoms with van der Waals surface area (Å²) in [5, 5.41) is 2.23. The molecule has 0 aliphatic carbocycles. The third kappa shape index (κ3) is 2.93.